The van der Waals surface area contributed by atoms with Crippen LogP contribution in [-0.4, -0.2) is 33.6 Å². The van der Waals surface area contributed by atoms with Crippen LogP contribution < -0.4 is 5.32 Å². The molecule has 1 saturated heterocycles. The van der Waals surface area contributed by atoms with Gasteiger partial charge in [-0.1, -0.05) is 6.92 Å². The summed E-state index contributed by atoms with van der Waals surface area (Å²) in [6.07, 6.45) is 6.79. The van der Waals surface area contributed by atoms with Crippen molar-refractivity contribution in [2.45, 2.75) is 32.7 Å². The Morgan fingerprint density at radius 2 is 2.00 bits per heavy atom. The largest absolute Gasteiger partial charge is 0.335 e. The van der Waals surface area contributed by atoms with Crippen LogP contribution in [0.25, 0.3) is 0 Å². The number of imidazole rings is 1. The van der Waals surface area contributed by atoms with Gasteiger partial charge >= 0.3 is 6.03 Å². The number of nitrogens with zero attached hydrogens (tertiary/aromatic N) is 3. The quantitative estimate of drug-likeness (QED) is 0.932. The zero-order chi connectivity index (χ0) is 16.9. The third-order valence-electron chi connectivity index (χ3n) is 4.57. The van der Waals surface area contributed by atoms with E-state index in [9.17, 15) is 9.18 Å². The third kappa shape index (κ3) is 3.93. The standard InChI is InChI=1S/C18H23FN4O/c1-2-17-20-9-12-23(17)13-14-7-10-22(11-8-14)18(24)21-16-5-3-15(19)4-6-16/h3-6,9,12,14H,2,7-8,10-11,13H2,1H3,(H,21,24). The first kappa shape index (κ1) is 16.5. The predicted molar refractivity (Wildman–Crippen MR) is 91.3 cm³/mol. The molecule has 6 heteroatoms. The van der Waals surface area contributed by atoms with E-state index in [1.807, 2.05) is 17.3 Å². The molecule has 0 bridgehead atoms. The molecule has 1 fully saturated rings. The van der Waals surface area contributed by atoms with Crippen molar-refractivity contribution in [3.63, 3.8) is 0 Å². The molecule has 128 valence electrons. The highest BCUT2D eigenvalue weighted by Crippen LogP contribution is 2.21. The maximum Gasteiger partial charge on any atom is 0.321 e. The van der Waals surface area contributed by atoms with Gasteiger partial charge in [0.1, 0.15) is 11.6 Å². The van der Waals surface area contributed by atoms with E-state index in [2.05, 4.69) is 21.8 Å². The van der Waals surface area contributed by atoms with Crippen molar-refractivity contribution in [2.75, 3.05) is 18.4 Å². The van der Waals surface area contributed by atoms with Crippen LogP contribution in [0.3, 0.4) is 0 Å². The molecular weight excluding hydrogens is 307 g/mol. The van der Waals surface area contributed by atoms with Crippen LogP contribution in [0.5, 0.6) is 0 Å². The highest BCUT2D eigenvalue weighted by molar-refractivity contribution is 5.89. The van der Waals surface area contributed by atoms with E-state index >= 15 is 0 Å². The Hall–Kier alpha value is -2.37. The number of anilines is 1. The fourth-order valence-electron chi connectivity index (χ4n) is 3.15. The second-order valence-electron chi connectivity index (χ2n) is 6.22. The summed E-state index contributed by atoms with van der Waals surface area (Å²) in [7, 11) is 0. The van der Waals surface area contributed by atoms with Crippen molar-refractivity contribution < 1.29 is 9.18 Å². The van der Waals surface area contributed by atoms with Crippen LogP contribution in [0, 0.1) is 11.7 Å². The number of amides is 2. The fourth-order valence-corrected chi connectivity index (χ4v) is 3.15. The minimum atomic E-state index is -0.306. The maximum atomic E-state index is 12.9. The summed E-state index contributed by atoms with van der Waals surface area (Å²) in [5, 5.41) is 2.82. The SMILES string of the molecule is CCc1nccn1CC1CCN(C(=O)Nc2ccc(F)cc2)CC1. The fraction of sp³-hybridized carbons (Fsp3) is 0.444. The van der Waals surface area contributed by atoms with Crippen LogP contribution in [0.2, 0.25) is 0 Å². The van der Waals surface area contributed by atoms with Gasteiger partial charge in [-0.3, -0.25) is 0 Å². The molecule has 1 aliphatic rings. The summed E-state index contributed by atoms with van der Waals surface area (Å²) in [5.74, 6) is 1.38. The predicted octanol–water partition coefficient (Wildman–Crippen LogP) is 3.53. The van der Waals surface area contributed by atoms with Crippen molar-refractivity contribution in [3.8, 4) is 0 Å². The van der Waals surface area contributed by atoms with E-state index < -0.39 is 0 Å². The number of piperidine rings is 1. The maximum absolute atomic E-state index is 12.9. The van der Waals surface area contributed by atoms with Crippen LogP contribution in [0.4, 0.5) is 14.9 Å². The average molecular weight is 330 g/mol. The topological polar surface area (TPSA) is 50.2 Å². The Morgan fingerprint density at radius 1 is 1.29 bits per heavy atom. The summed E-state index contributed by atoms with van der Waals surface area (Å²) >= 11 is 0. The first-order valence-electron chi connectivity index (χ1n) is 8.47. The molecule has 1 aliphatic heterocycles. The Balaban J connectivity index is 1.49. The number of nitrogens with one attached hydrogen (secondary N) is 1. The summed E-state index contributed by atoms with van der Waals surface area (Å²) in [6, 6.07) is 5.73. The van der Waals surface area contributed by atoms with E-state index in [0.29, 0.717) is 11.6 Å². The monoisotopic (exact) mass is 330 g/mol. The van der Waals surface area contributed by atoms with Crippen molar-refractivity contribution in [3.05, 3.63) is 48.3 Å². The highest BCUT2D eigenvalue weighted by atomic mass is 19.1. The molecule has 3 rings (SSSR count). The van der Waals surface area contributed by atoms with E-state index in [4.69, 9.17) is 0 Å². The van der Waals surface area contributed by atoms with Gasteiger partial charge in [0.25, 0.3) is 0 Å². The van der Waals surface area contributed by atoms with Crippen molar-refractivity contribution >= 4 is 11.7 Å². The number of aryl methyl sites for hydroxylation is 1. The third-order valence-corrected chi connectivity index (χ3v) is 4.57. The van der Waals surface area contributed by atoms with E-state index in [1.165, 1.54) is 12.1 Å². The number of urea groups is 1. The highest BCUT2D eigenvalue weighted by Gasteiger charge is 2.23. The minimum Gasteiger partial charge on any atom is -0.335 e. The summed E-state index contributed by atoms with van der Waals surface area (Å²) in [6.45, 7) is 4.57. The molecule has 2 heterocycles. The number of benzene rings is 1. The number of aromatic nitrogens is 2. The smallest absolute Gasteiger partial charge is 0.321 e. The van der Waals surface area contributed by atoms with Crippen molar-refractivity contribution in [2.24, 2.45) is 5.92 Å². The lowest BCUT2D eigenvalue weighted by Gasteiger charge is -2.32. The lowest BCUT2D eigenvalue weighted by Crippen LogP contribution is -2.41. The van der Waals surface area contributed by atoms with Gasteiger partial charge in [0.2, 0.25) is 0 Å². The number of hydrogen-bond acceptors (Lipinski definition) is 2. The summed E-state index contributed by atoms with van der Waals surface area (Å²) in [4.78, 5) is 18.5. The van der Waals surface area contributed by atoms with Gasteiger partial charge in [-0.15, -0.1) is 0 Å². The van der Waals surface area contributed by atoms with Crippen LogP contribution in [-0.2, 0) is 13.0 Å². The van der Waals surface area contributed by atoms with E-state index in [0.717, 1.165) is 44.7 Å². The number of carbonyl (C=O) groups excluding carboxylic acids is 1. The molecule has 0 atom stereocenters. The molecule has 0 radical (unpaired) electrons. The van der Waals surface area contributed by atoms with Crippen molar-refractivity contribution in [1.82, 2.24) is 14.5 Å². The normalized spacial score (nSPS) is 15.5. The molecule has 0 unspecified atom stereocenters. The Morgan fingerprint density at radius 3 is 2.67 bits per heavy atom. The lowest BCUT2D eigenvalue weighted by molar-refractivity contribution is 0.176. The van der Waals surface area contributed by atoms with Gasteiger partial charge in [-0.05, 0) is 43.0 Å². The number of rotatable bonds is 4. The summed E-state index contributed by atoms with van der Waals surface area (Å²) in [5.41, 5.74) is 0.620. The zero-order valence-corrected chi connectivity index (χ0v) is 13.9. The van der Waals surface area contributed by atoms with Gasteiger partial charge in [0.05, 0.1) is 0 Å². The molecule has 2 amide bonds. The molecule has 5 nitrogen and oxygen atoms in total. The van der Waals surface area contributed by atoms with E-state index in [1.54, 1.807) is 12.1 Å². The van der Waals surface area contributed by atoms with Gasteiger partial charge in [-0.25, -0.2) is 14.2 Å². The number of hydrogen-bond donors (Lipinski definition) is 1. The summed E-state index contributed by atoms with van der Waals surface area (Å²) < 4.78 is 15.1. The van der Waals surface area contributed by atoms with Gasteiger partial charge in [-0.2, -0.15) is 0 Å². The van der Waals surface area contributed by atoms with Crippen LogP contribution in [0.15, 0.2) is 36.7 Å². The molecule has 0 aliphatic carbocycles. The Labute approximate surface area is 141 Å². The molecule has 24 heavy (non-hydrogen) atoms. The average Bonchev–Trinajstić information content (AvgIpc) is 3.04. The molecule has 0 saturated carbocycles. The van der Waals surface area contributed by atoms with Crippen LogP contribution in [0.1, 0.15) is 25.6 Å². The van der Waals surface area contributed by atoms with Crippen molar-refractivity contribution in [1.29, 1.82) is 0 Å². The Bertz CT molecular complexity index is 675. The first-order valence-corrected chi connectivity index (χ1v) is 8.47. The van der Waals surface area contributed by atoms with Gasteiger partial charge in [0.15, 0.2) is 0 Å². The molecule has 2 aromatic rings. The Kier molecular flexibility index (Phi) is 5.13. The number of likely N-dealkylation sites (tertiary alicyclic amines) is 1. The molecule has 0 spiro atoms. The second-order valence-corrected chi connectivity index (χ2v) is 6.22. The van der Waals surface area contributed by atoms with E-state index in [-0.39, 0.29) is 11.8 Å². The van der Waals surface area contributed by atoms with Gasteiger partial charge < -0.3 is 14.8 Å². The van der Waals surface area contributed by atoms with Gasteiger partial charge in [0, 0.05) is 44.1 Å². The number of carbonyl (C=O) groups is 1. The molecule has 1 N–H and O–H groups in total. The molecular formula is C18H23FN4O. The molecule has 1 aromatic heterocycles. The zero-order valence-electron chi connectivity index (χ0n) is 13.9. The lowest BCUT2D eigenvalue weighted by atomic mass is 9.97. The first-order chi connectivity index (χ1) is 11.7. The minimum absolute atomic E-state index is 0.114. The number of halogens is 1. The van der Waals surface area contributed by atoms with Crippen LogP contribution >= 0.6 is 0 Å². The molecule has 1 aromatic carbocycles. The second kappa shape index (κ2) is 7.47.